The number of benzene rings is 2. The van der Waals surface area contributed by atoms with Gasteiger partial charge in [0, 0.05) is 19.8 Å². The summed E-state index contributed by atoms with van der Waals surface area (Å²) in [6.07, 6.45) is 0.570. The van der Waals surface area contributed by atoms with Crippen molar-refractivity contribution in [1.29, 1.82) is 0 Å². The first kappa shape index (κ1) is 21.2. The first-order valence-corrected chi connectivity index (χ1v) is 10.0. The van der Waals surface area contributed by atoms with Gasteiger partial charge < -0.3 is 9.64 Å². The summed E-state index contributed by atoms with van der Waals surface area (Å²) in [6, 6.07) is 14.8. The number of rotatable bonds is 7. The third-order valence-corrected chi connectivity index (χ3v) is 4.71. The number of likely N-dealkylation sites (N-methyl/N-ethyl adjacent to an activating group) is 1. The Hall–Kier alpha value is -3.13. The van der Waals surface area contributed by atoms with Crippen molar-refractivity contribution in [2.45, 2.75) is 13.0 Å². The van der Waals surface area contributed by atoms with Crippen molar-refractivity contribution >= 4 is 33.7 Å². The molecule has 2 aromatic rings. The van der Waals surface area contributed by atoms with Gasteiger partial charge >= 0.3 is 5.97 Å². The van der Waals surface area contributed by atoms with Crippen molar-refractivity contribution in [3.63, 3.8) is 0 Å². The molecular formula is C20H22N2O5S. The Morgan fingerprint density at radius 2 is 1.64 bits per heavy atom. The van der Waals surface area contributed by atoms with Gasteiger partial charge in [-0.05, 0) is 42.8 Å². The van der Waals surface area contributed by atoms with E-state index < -0.39 is 22.1 Å². The molecule has 148 valence electrons. The molecule has 0 bridgehead atoms. The van der Waals surface area contributed by atoms with Gasteiger partial charge in [0.15, 0.2) is 6.10 Å². The van der Waals surface area contributed by atoms with Crippen LogP contribution in [0.15, 0.2) is 60.0 Å². The Morgan fingerprint density at radius 3 is 2.21 bits per heavy atom. The van der Waals surface area contributed by atoms with Crippen LogP contribution in [0.25, 0.3) is 6.08 Å². The molecular weight excluding hydrogens is 380 g/mol. The molecule has 0 aliphatic heterocycles. The predicted octanol–water partition coefficient (Wildman–Crippen LogP) is 2.73. The molecule has 0 fully saturated rings. The quantitative estimate of drug-likeness (QED) is 0.719. The molecule has 7 nitrogen and oxygen atoms in total. The van der Waals surface area contributed by atoms with Gasteiger partial charge in [0.25, 0.3) is 15.9 Å². The maximum absolute atomic E-state index is 12.1. The van der Waals surface area contributed by atoms with Crippen LogP contribution in [0.5, 0.6) is 0 Å². The van der Waals surface area contributed by atoms with E-state index in [0.717, 1.165) is 11.0 Å². The zero-order valence-electron chi connectivity index (χ0n) is 15.8. The molecule has 0 aliphatic carbocycles. The average molecular weight is 402 g/mol. The third kappa shape index (κ3) is 6.24. The lowest BCUT2D eigenvalue weighted by molar-refractivity contribution is -0.137. The monoisotopic (exact) mass is 402 g/mol. The van der Waals surface area contributed by atoms with E-state index in [-0.39, 0.29) is 11.5 Å². The number of nitrogens with zero attached hydrogens (tertiary/aromatic N) is 1. The second-order valence-corrected chi connectivity index (χ2v) is 7.78. The molecule has 0 saturated carbocycles. The number of ether oxygens (including phenoxy) is 1. The van der Waals surface area contributed by atoms with Crippen molar-refractivity contribution < 1.29 is 22.7 Å². The highest BCUT2D eigenvalue weighted by Gasteiger charge is 2.20. The van der Waals surface area contributed by atoms with Crippen LogP contribution in [0, 0.1) is 0 Å². The number of hydrogen-bond donors (Lipinski definition) is 1. The minimum absolute atomic E-state index is 0.209. The zero-order valence-corrected chi connectivity index (χ0v) is 16.6. The second-order valence-electron chi connectivity index (χ2n) is 6.22. The summed E-state index contributed by atoms with van der Waals surface area (Å²) in [5.41, 5.74) is 1.26. The highest BCUT2D eigenvalue weighted by atomic mass is 32.2. The molecule has 2 rings (SSSR count). The summed E-state index contributed by atoms with van der Waals surface area (Å²) < 4.78 is 31.8. The van der Waals surface area contributed by atoms with Crippen LogP contribution < -0.4 is 4.72 Å². The molecule has 8 heteroatoms. The summed E-state index contributed by atoms with van der Waals surface area (Å²) in [4.78, 5) is 25.2. The Morgan fingerprint density at radius 1 is 1.04 bits per heavy atom. The fraction of sp³-hybridized carbons (Fsp3) is 0.200. The van der Waals surface area contributed by atoms with Crippen LogP contribution in [0.4, 0.5) is 5.69 Å². The number of carbonyl (C=O) groups is 2. The van der Waals surface area contributed by atoms with Gasteiger partial charge in [-0.15, -0.1) is 0 Å². The topological polar surface area (TPSA) is 92.8 Å². The summed E-state index contributed by atoms with van der Waals surface area (Å²) >= 11 is 0. The number of esters is 1. The van der Waals surface area contributed by atoms with Gasteiger partial charge in [0.05, 0.1) is 11.0 Å². The van der Waals surface area contributed by atoms with Crippen LogP contribution in [0.2, 0.25) is 0 Å². The lowest BCUT2D eigenvalue weighted by Gasteiger charge is -2.17. The van der Waals surface area contributed by atoms with E-state index >= 15 is 0 Å². The van der Waals surface area contributed by atoms with Crippen LogP contribution >= 0.6 is 0 Å². The SMILES string of the molecule is C[C@H](OC(=O)c1ccc(NS(=O)(=O)/C=C/c2ccccc2)cc1)C(=O)N(C)C. The fourth-order valence-corrected chi connectivity index (χ4v) is 3.12. The highest BCUT2D eigenvalue weighted by molar-refractivity contribution is 7.95. The van der Waals surface area contributed by atoms with Gasteiger partial charge in [0.1, 0.15) is 0 Å². The largest absolute Gasteiger partial charge is 0.449 e. The van der Waals surface area contributed by atoms with Crippen molar-refractivity contribution in [2.75, 3.05) is 18.8 Å². The minimum atomic E-state index is -3.70. The highest BCUT2D eigenvalue weighted by Crippen LogP contribution is 2.14. The first-order valence-electron chi connectivity index (χ1n) is 8.46. The van der Waals surface area contributed by atoms with E-state index in [1.807, 2.05) is 18.2 Å². The lowest BCUT2D eigenvalue weighted by Crippen LogP contribution is -2.34. The summed E-state index contributed by atoms with van der Waals surface area (Å²) in [5.74, 6) is -0.996. The van der Waals surface area contributed by atoms with Gasteiger partial charge in [0.2, 0.25) is 0 Å². The van der Waals surface area contributed by atoms with E-state index in [4.69, 9.17) is 4.74 Å². The number of nitrogens with one attached hydrogen (secondary N) is 1. The van der Waals surface area contributed by atoms with Crippen molar-refractivity contribution in [1.82, 2.24) is 4.90 Å². The Bertz CT molecular complexity index is 952. The molecule has 0 saturated heterocycles. The molecule has 0 heterocycles. The van der Waals surface area contributed by atoms with E-state index in [1.54, 1.807) is 26.2 Å². The van der Waals surface area contributed by atoms with Crippen molar-refractivity contribution in [2.24, 2.45) is 0 Å². The molecule has 0 aromatic heterocycles. The minimum Gasteiger partial charge on any atom is -0.449 e. The Balaban J connectivity index is 2.01. The van der Waals surface area contributed by atoms with Crippen molar-refractivity contribution in [3.8, 4) is 0 Å². The molecule has 0 spiro atoms. The summed E-state index contributed by atoms with van der Waals surface area (Å²) in [5, 5.41) is 1.07. The molecule has 0 aliphatic rings. The Labute approximate surface area is 164 Å². The van der Waals surface area contributed by atoms with Crippen LogP contribution in [0.1, 0.15) is 22.8 Å². The normalized spacial score (nSPS) is 12.4. The van der Waals surface area contributed by atoms with Crippen LogP contribution in [0.3, 0.4) is 0 Å². The maximum atomic E-state index is 12.1. The number of sulfonamides is 1. The molecule has 0 unspecified atom stereocenters. The lowest BCUT2D eigenvalue weighted by atomic mass is 10.2. The predicted molar refractivity (Wildman–Crippen MR) is 108 cm³/mol. The average Bonchev–Trinajstić information content (AvgIpc) is 2.66. The number of anilines is 1. The van der Waals surface area contributed by atoms with Gasteiger partial charge in [-0.1, -0.05) is 30.3 Å². The summed E-state index contributed by atoms with van der Waals surface area (Å²) in [6.45, 7) is 1.49. The maximum Gasteiger partial charge on any atom is 0.338 e. The van der Waals surface area contributed by atoms with Crippen LogP contribution in [-0.4, -0.2) is 45.4 Å². The summed E-state index contributed by atoms with van der Waals surface area (Å²) in [7, 11) is -0.564. The van der Waals surface area contributed by atoms with Crippen molar-refractivity contribution in [3.05, 3.63) is 71.1 Å². The molecule has 0 radical (unpaired) electrons. The van der Waals surface area contributed by atoms with Crippen LogP contribution in [-0.2, 0) is 19.6 Å². The molecule has 28 heavy (non-hydrogen) atoms. The molecule has 1 amide bonds. The second kappa shape index (κ2) is 9.18. The van der Waals surface area contributed by atoms with Gasteiger partial charge in [-0.2, -0.15) is 0 Å². The number of amides is 1. The number of carbonyl (C=O) groups excluding carboxylic acids is 2. The van der Waals surface area contributed by atoms with E-state index in [1.165, 1.54) is 42.2 Å². The molecule has 2 aromatic carbocycles. The molecule has 1 N–H and O–H groups in total. The Kier molecular flexibility index (Phi) is 6.94. The smallest absolute Gasteiger partial charge is 0.338 e. The standard InChI is InChI=1S/C20H22N2O5S/c1-15(19(23)22(2)3)27-20(24)17-9-11-18(12-10-17)21-28(25,26)14-13-16-7-5-4-6-8-16/h4-15,21H,1-3H3/b14-13+/t15-/m0/s1. The zero-order chi connectivity index (χ0) is 20.7. The fourth-order valence-electron chi connectivity index (χ4n) is 2.25. The number of hydrogen-bond acceptors (Lipinski definition) is 5. The first-order chi connectivity index (χ1) is 13.2. The van der Waals surface area contributed by atoms with Gasteiger partial charge in [-0.3, -0.25) is 9.52 Å². The van der Waals surface area contributed by atoms with E-state index in [2.05, 4.69) is 4.72 Å². The van der Waals surface area contributed by atoms with Gasteiger partial charge in [-0.25, -0.2) is 13.2 Å². The third-order valence-electron chi connectivity index (χ3n) is 3.69. The van der Waals surface area contributed by atoms with E-state index in [0.29, 0.717) is 5.69 Å². The molecule has 1 atom stereocenters. The van der Waals surface area contributed by atoms with E-state index in [9.17, 15) is 18.0 Å².